The summed E-state index contributed by atoms with van der Waals surface area (Å²) in [4.78, 5) is 47.3. The predicted molar refractivity (Wildman–Crippen MR) is 162 cm³/mol. The van der Waals surface area contributed by atoms with Crippen molar-refractivity contribution in [2.45, 2.75) is 59.1 Å². The topological polar surface area (TPSA) is 190 Å². The van der Waals surface area contributed by atoms with Gasteiger partial charge < -0.3 is 19.7 Å². The Morgan fingerprint density at radius 2 is 2.00 bits per heavy atom. The second-order valence-corrected chi connectivity index (χ2v) is 13.0. The van der Waals surface area contributed by atoms with Crippen LogP contribution in [0.25, 0.3) is 17.4 Å². The number of imidazole rings is 1. The minimum Gasteiger partial charge on any atom is -0.465 e. The molecule has 43 heavy (non-hydrogen) atoms. The van der Waals surface area contributed by atoms with E-state index in [0.29, 0.717) is 12.8 Å². The maximum absolute atomic E-state index is 14.1. The Labute approximate surface area is 256 Å². The molecule has 2 heterocycles. The standard InChI is InChI=1S/C27H34BrN6O8P/c1-5-6-16(2)41-25(37)17(3)33-43(38,42-21-9-7-20(28)8-10-21)40-14-27(13-39-18(4)35)11-19(27)12-34-15-30-22-23(34)31-26(29)32-24(22)36/h7-10,12,15-17H,5-6,11,13-14H2,1-4H3,(H,33,38)(H3,29,31,32,36)/b19-12-/t16-,17?,27+,43-/m0/s1. The van der Waals surface area contributed by atoms with Gasteiger partial charge in [-0.05, 0) is 56.5 Å². The first-order valence-electron chi connectivity index (χ1n) is 13.6. The highest BCUT2D eigenvalue weighted by molar-refractivity contribution is 9.10. The monoisotopic (exact) mass is 680 g/mol. The van der Waals surface area contributed by atoms with Crippen molar-refractivity contribution in [2.24, 2.45) is 5.41 Å². The summed E-state index contributed by atoms with van der Waals surface area (Å²) in [7, 11) is -4.21. The van der Waals surface area contributed by atoms with Crippen LogP contribution in [-0.4, -0.2) is 56.8 Å². The molecule has 0 aliphatic heterocycles. The second-order valence-electron chi connectivity index (χ2n) is 10.4. The lowest BCUT2D eigenvalue weighted by Crippen LogP contribution is -2.37. The molecule has 16 heteroatoms. The number of carbonyl (C=O) groups is 2. The van der Waals surface area contributed by atoms with E-state index in [1.807, 2.05) is 6.92 Å². The molecule has 1 aliphatic carbocycles. The third-order valence-corrected chi connectivity index (χ3v) is 8.80. The highest BCUT2D eigenvalue weighted by Gasteiger charge is 2.52. The number of esters is 2. The minimum absolute atomic E-state index is 0.0724. The highest BCUT2D eigenvalue weighted by atomic mass is 79.9. The molecule has 0 amide bonds. The van der Waals surface area contributed by atoms with E-state index in [-0.39, 0.29) is 42.2 Å². The van der Waals surface area contributed by atoms with Crippen LogP contribution in [0.5, 0.6) is 5.75 Å². The smallest absolute Gasteiger partial charge is 0.459 e. The minimum atomic E-state index is -4.21. The molecule has 1 saturated carbocycles. The number of nitrogens with two attached hydrogens (primary N) is 1. The fourth-order valence-electron chi connectivity index (χ4n) is 4.27. The largest absolute Gasteiger partial charge is 0.465 e. The lowest BCUT2D eigenvalue weighted by atomic mass is 10.1. The van der Waals surface area contributed by atoms with Gasteiger partial charge in [0.1, 0.15) is 24.7 Å². The van der Waals surface area contributed by atoms with Crippen LogP contribution in [-0.2, 0) is 28.2 Å². The van der Waals surface area contributed by atoms with Crippen LogP contribution in [0.4, 0.5) is 5.95 Å². The molecule has 2 aromatic heterocycles. The first kappa shape index (κ1) is 32.4. The first-order valence-corrected chi connectivity index (χ1v) is 15.9. The van der Waals surface area contributed by atoms with Gasteiger partial charge in [0, 0.05) is 17.6 Å². The molecule has 0 spiro atoms. The molecule has 1 fully saturated rings. The number of H-pyrrole nitrogens is 1. The normalized spacial score (nSPS) is 19.9. The van der Waals surface area contributed by atoms with Crippen molar-refractivity contribution in [1.82, 2.24) is 24.6 Å². The summed E-state index contributed by atoms with van der Waals surface area (Å²) in [5, 5.41) is 2.69. The molecule has 3 aromatic rings. The van der Waals surface area contributed by atoms with Crippen molar-refractivity contribution in [3.05, 3.63) is 51.0 Å². The van der Waals surface area contributed by atoms with Crippen molar-refractivity contribution in [1.29, 1.82) is 0 Å². The molecular formula is C27H34BrN6O8P. The maximum Gasteiger partial charge on any atom is 0.459 e. The van der Waals surface area contributed by atoms with Crippen LogP contribution in [0.1, 0.15) is 47.0 Å². The van der Waals surface area contributed by atoms with Gasteiger partial charge in [0.15, 0.2) is 11.2 Å². The van der Waals surface area contributed by atoms with Gasteiger partial charge in [-0.3, -0.25) is 28.5 Å². The van der Waals surface area contributed by atoms with Crippen molar-refractivity contribution >= 4 is 58.9 Å². The van der Waals surface area contributed by atoms with E-state index in [1.165, 1.54) is 24.7 Å². The van der Waals surface area contributed by atoms with E-state index >= 15 is 0 Å². The fraction of sp³-hybridized carbons (Fsp3) is 0.444. The zero-order valence-electron chi connectivity index (χ0n) is 24.2. The molecule has 1 aliphatic rings. The quantitative estimate of drug-likeness (QED) is 0.163. The Morgan fingerprint density at radius 3 is 2.67 bits per heavy atom. The molecule has 0 saturated heterocycles. The number of hydrogen-bond acceptors (Lipinski definition) is 11. The zero-order chi connectivity index (χ0) is 31.4. The molecule has 1 unspecified atom stereocenters. The van der Waals surface area contributed by atoms with Gasteiger partial charge in [0.2, 0.25) is 5.95 Å². The van der Waals surface area contributed by atoms with E-state index in [9.17, 15) is 18.9 Å². The number of aromatic amines is 1. The van der Waals surface area contributed by atoms with Crippen LogP contribution in [0.3, 0.4) is 0 Å². The summed E-state index contributed by atoms with van der Waals surface area (Å²) < 4.78 is 38.9. The van der Waals surface area contributed by atoms with E-state index in [0.717, 1.165) is 16.5 Å². The number of nitrogen functional groups attached to an aromatic ring is 1. The number of nitrogens with zero attached hydrogens (tertiary/aromatic N) is 3. The molecular weight excluding hydrogens is 647 g/mol. The molecule has 0 bridgehead atoms. The lowest BCUT2D eigenvalue weighted by molar-refractivity contribution is -0.150. The Kier molecular flexibility index (Phi) is 10.1. The van der Waals surface area contributed by atoms with Crippen molar-refractivity contribution in [3.8, 4) is 5.75 Å². The van der Waals surface area contributed by atoms with Gasteiger partial charge in [-0.1, -0.05) is 29.3 Å². The number of benzene rings is 1. The van der Waals surface area contributed by atoms with Crippen LogP contribution < -0.4 is 20.9 Å². The Hall–Kier alpha value is -3.52. The van der Waals surface area contributed by atoms with E-state index in [2.05, 4.69) is 36.0 Å². The molecule has 232 valence electrons. The second kappa shape index (κ2) is 13.4. The average Bonchev–Trinajstić information content (AvgIpc) is 3.47. The predicted octanol–water partition coefficient (Wildman–Crippen LogP) is 4.17. The first-order chi connectivity index (χ1) is 20.3. The number of aromatic nitrogens is 4. The summed E-state index contributed by atoms with van der Waals surface area (Å²) in [5.41, 5.74) is 5.41. The summed E-state index contributed by atoms with van der Waals surface area (Å²) in [6, 6.07) is 5.56. The molecule has 4 rings (SSSR count). The van der Waals surface area contributed by atoms with E-state index in [4.69, 9.17) is 24.3 Å². The van der Waals surface area contributed by atoms with Gasteiger partial charge in [-0.15, -0.1) is 0 Å². The van der Waals surface area contributed by atoms with Crippen LogP contribution in [0.2, 0.25) is 0 Å². The van der Waals surface area contributed by atoms with Gasteiger partial charge in [0.25, 0.3) is 5.56 Å². The van der Waals surface area contributed by atoms with Gasteiger partial charge in [0.05, 0.1) is 18.1 Å². The average molecular weight is 681 g/mol. The molecule has 1 aromatic carbocycles. The Bertz CT molecular complexity index is 1620. The van der Waals surface area contributed by atoms with Crippen molar-refractivity contribution < 1.29 is 32.7 Å². The maximum atomic E-state index is 14.1. The number of rotatable bonds is 14. The summed E-state index contributed by atoms with van der Waals surface area (Å²) in [5.74, 6) is -0.959. The molecule has 14 nitrogen and oxygen atoms in total. The number of anilines is 1. The number of ether oxygens (including phenoxy) is 2. The summed E-state index contributed by atoms with van der Waals surface area (Å²) in [6.07, 6.45) is 4.67. The van der Waals surface area contributed by atoms with Crippen LogP contribution in [0, 0.1) is 5.41 Å². The van der Waals surface area contributed by atoms with Crippen LogP contribution >= 0.6 is 23.7 Å². The van der Waals surface area contributed by atoms with Gasteiger partial charge in [-0.2, -0.15) is 10.1 Å². The Balaban J connectivity index is 1.59. The molecule has 0 radical (unpaired) electrons. The molecule has 4 atom stereocenters. The number of carbonyl (C=O) groups excluding carboxylic acids is 2. The number of hydrogen-bond donors (Lipinski definition) is 3. The van der Waals surface area contributed by atoms with Crippen LogP contribution in [0.15, 0.2) is 45.4 Å². The van der Waals surface area contributed by atoms with E-state index in [1.54, 1.807) is 37.4 Å². The third-order valence-electron chi connectivity index (χ3n) is 6.65. The van der Waals surface area contributed by atoms with E-state index < -0.39 is 36.7 Å². The van der Waals surface area contributed by atoms with Gasteiger partial charge >= 0.3 is 19.7 Å². The zero-order valence-corrected chi connectivity index (χ0v) is 26.6. The Morgan fingerprint density at radius 1 is 1.28 bits per heavy atom. The SMILES string of the molecule is CCC[C@H](C)OC(=O)C(C)N[P@](=O)(OC[C@]1(COC(C)=O)C/C1=C/n1cnc2c(=O)[nH]c(N)nc21)Oc1ccc(Br)cc1. The van der Waals surface area contributed by atoms with Crippen molar-refractivity contribution in [2.75, 3.05) is 18.9 Å². The highest BCUT2D eigenvalue weighted by Crippen LogP contribution is 2.56. The third kappa shape index (κ3) is 8.31. The van der Waals surface area contributed by atoms with Gasteiger partial charge in [-0.25, -0.2) is 9.55 Å². The van der Waals surface area contributed by atoms with Crippen molar-refractivity contribution in [3.63, 3.8) is 0 Å². The number of nitrogens with one attached hydrogen (secondary N) is 2. The molecule has 4 N–H and O–H groups in total. The summed E-state index contributed by atoms with van der Waals surface area (Å²) >= 11 is 3.35. The fourth-order valence-corrected chi connectivity index (χ4v) is 6.11. The number of halogens is 1. The number of fused-ring (bicyclic) bond motifs is 1. The summed E-state index contributed by atoms with van der Waals surface area (Å²) in [6.45, 7) is 6.26. The lowest BCUT2D eigenvalue weighted by Gasteiger charge is -2.25.